The van der Waals surface area contributed by atoms with Gasteiger partial charge in [0.2, 0.25) is 5.91 Å². The molecule has 32 heavy (non-hydrogen) atoms. The SMILES string of the molecule is COc1ccc(CNC(=O)CC[C@@H]2CCCN(Cc3nc4ccccc4[nH]3)C2)c(OC)c1. The summed E-state index contributed by atoms with van der Waals surface area (Å²) in [6.07, 6.45) is 3.79. The molecule has 7 heteroatoms. The van der Waals surface area contributed by atoms with Crippen LogP contribution in [0.2, 0.25) is 0 Å². The van der Waals surface area contributed by atoms with Crippen molar-refractivity contribution in [1.82, 2.24) is 20.2 Å². The van der Waals surface area contributed by atoms with E-state index in [-0.39, 0.29) is 5.91 Å². The van der Waals surface area contributed by atoms with Gasteiger partial charge in [0.15, 0.2) is 0 Å². The van der Waals surface area contributed by atoms with Crippen molar-refractivity contribution in [2.45, 2.75) is 38.8 Å². The van der Waals surface area contributed by atoms with Gasteiger partial charge in [0.05, 0.1) is 31.8 Å². The van der Waals surface area contributed by atoms with Crippen molar-refractivity contribution in [3.05, 3.63) is 53.9 Å². The number of amides is 1. The number of benzene rings is 2. The van der Waals surface area contributed by atoms with Gasteiger partial charge in [-0.2, -0.15) is 0 Å². The summed E-state index contributed by atoms with van der Waals surface area (Å²) in [4.78, 5) is 23.0. The Morgan fingerprint density at radius 1 is 1.22 bits per heavy atom. The summed E-state index contributed by atoms with van der Waals surface area (Å²) in [6.45, 7) is 3.37. The van der Waals surface area contributed by atoms with Crippen LogP contribution in [0.4, 0.5) is 0 Å². The maximum atomic E-state index is 12.4. The summed E-state index contributed by atoms with van der Waals surface area (Å²) in [5, 5.41) is 3.03. The number of likely N-dealkylation sites (tertiary alicyclic amines) is 1. The van der Waals surface area contributed by atoms with Crippen molar-refractivity contribution in [2.24, 2.45) is 5.92 Å². The number of carbonyl (C=O) groups excluding carboxylic acids is 1. The monoisotopic (exact) mass is 436 g/mol. The van der Waals surface area contributed by atoms with Crippen LogP contribution in [-0.4, -0.2) is 48.1 Å². The molecule has 1 aliphatic rings. The van der Waals surface area contributed by atoms with Gasteiger partial charge >= 0.3 is 0 Å². The third kappa shape index (κ3) is 5.59. The Bertz CT molecular complexity index is 1020. The number of hydrogen-bond donors (Lipinski definition) is 2. The van der Waals surface area contributed by atoms with E-state index in [1.54, 1.807) is 14.2 Å². The summed E-state index contributed by atoms with van der Waals surface area (Å²) in [5.41, 5.74) is 3.04. The molecule has 1 fully saturated rings. The molecule has 4 rings (SSSR count). The average molecular weight is 437 g/mol. The quantitative estimate of drug-likeness (QED) is 0.532. The third-order valence-corrected chi connectivity index (χ3v) is 6.16. The molecule has 0 unspecified atom stereocenters. The number of imidazole rings is 1. The fourth-order valence-electron chi connectivity index (χ4n) is 4.44. The highest BCUT2D eigenvalue weighted by Crippen LogP contribution is 2.25. The van der Waals surface area contributed by atoms with Crippen molar-refractivity contribution in [3.8, 4) is 11.5 Å². The molecular weight excluding hydrogens is 404 g/mol. The minimum atomic E-state index is 0.0808. The molecule has 1 amide bonds. The lowest BCUT2D eigenvalue weighted by Crippen LogP contribution is -2.35. The first-order valence-electron chi connectivity index (χ1n) is 11.3. The standard InChI is InChI=1S/C25H32N4O3/c1-31-20-11-10-19(23(14-20)32-2)15-26-25(30)12-9-18-6-5-13-29(16-18)17-24-27-21-7-3-4-8-22(21)28-24/h3-4,7-8,10-11,14,18H,5-6,9,12-13,15-17H2,1-2H3,(H,26,30)(H,27,28)/t18-/m0/s1. The van der Waals surface area contributed by atoms with E-state index in [0.717, 1.165) is 66.4 Å². The average Bonchev–Trinajstić information content (AvgIpc) is 3.23. The second-order valence-electron chi connectivity index (χ2n) is 8.44. The van der Waals surface area contributed by atoms with E-state index in [1.165, 1.54) is 6.42 Å². The molecule has 1 aromatic heterocycles. The summed E-state index contributed by atoms with van der Waals surface area (Å²) < 4.78 is 10.6. The molecule has 0 radical (unpaired) electrons. The lowest BCUT2D eigenvalue weighted by atomic mass is 9.93. The Balaban J connectivity index is 1.23. The Hall–Kier alpha value is -3.06. The molecule has 2 N–H and O–H groups in total. The number of aromatic nitrogens is 2. The van der Waals surface area contributed by atoms with Gasteiger partial charge in [-0.15, -0.1) is 0 Å². The number of piperidine rings is 1. The zero-order valence-electron chi connectivity index (χ0n) is 18.9. The molecule has 0 spiro atoms. The first-order chi connectivity index (χ1) is 15.6. The molecule has 1 aliphatic heterocycles. The van der Waals surface area contributed by atoms with E-state index >= 15 is 0 Å². The molecule has 1 saturated heterocycles. The topological polar surface area (TPSA) is 79.5 Å². The Kier molecular flexibility index (Phi) is 7.27. The van der Waals surface area contributed by atoms with Crippen LogP contribution in [0, 0.1) is 5.92 Å². The van der Waals surface area contributed by atoms with Crippen LogP contribution >= 0.6 is 0 Å². The molecule has 2 aromatic carbocycles. The molecule has 0 saturated carbocycles. The highest BCUT2D eigenvalue weighted by atomic mass is 16.5. The zero-order chi connectivity index (χ0) is 22.3. The lowest BCUT2D eigenvalue weighted by molar-refractivity contribution is -0.121. The van der Waals surface area contributed by atoms with Gasteiger partial charge in [0.1, 0.15) is 17.3 Å². The number of nitrogens with one attached hydrogen (secondary N) is 2. The lowest BCUT2D eigenvalue weighted by Gasteiger charge is -2.32. The van der Waals surface area contributed by atoms with E-state index in [0.29, 0.717) is 18.9 Å². The third-order valence-electron chi connectivity index (χ3n) is 6.16. The van der Waals surface area contributed by atoms with Gasteiger partial charge < -0.3 is 19.8 Å². The molecule has 1 atom stereocenters. The summed E-state index contributed by atoms with van der Waals surface area (Å²) in [5.74, 6) is 3.09. The molecule has 0 bridgehead atoms. The van der Waals surface area contributed by atoms with Gasteiger partial charge in [-0.05, 0) is 56.0 Å². The van der Waals surface area contributed by atoms with E-state index in [9.17, 15) is 4.79 Å². The number of hydrogen-bond acceptors (Lipinski definition) is 5. The molecule has 170 valence electrons. The second kappa shape index (κ2) is 10.5. The molecule has 3 aromatic rings. The van der Waals surface area contributed by atoms with Gasteiger partial charge in [-0.3, -0.25) is 9.69 Å². The highest BCUT2D eigenvalue weighted by molar-refractivity contribution is 5.76. The summed E-state index contributed by atoms with van der Waals surface area (Å²) in [7, 11) is 3.25. The van der Waals surface area contributed by atoms with Crippen molar-refractivity contribution in [2.75, 3.05) is 27.3 Å². The molecule has 7 nitrogen and oxygen atoms in total. The number of ether oxygens (including phenoxy) is 2. The number of nitrogens with zero attached hydrogens (tertiary/aromatic N) is 2. The number of H-pyrrole nitrogens is 1. The van der Waals surface area contributed by atoms with Crippen molar-refractivity contribution in [3.63, 3.8) is 0 Å². The number of aromatic amines is 1. The van der Waals surface area contributed by atoms with E-state index < -0.39 is 0 Å². The van der Waals surface area contributed by atoms with Crippen LogP contribution < -0.4 is 14.8 Å². The fourth-order valence-corrected chi connectivity index (χ4v) is 4.44. The minimum absolute atomic E-state index is 0.0808. The normalized spacial score (nSPS) is 16.8. The van der Waals surface area contributed by atoms with E-state index in [2.05, 4.69) is 21.3 Å². The van der Waals surface area contributed by atoms with Crippen molar-refractivity contribution >= 4 is 16.9 Å². The predicted octanol–water partition coefficient (Wildman–Crippen LogP) is 3.89. The van der Waals surface area contributed by atoms with Gasteiger partial charge in [0.25, 0.3) is 0 Å². The maximum Gasteiger partial charge on any atom is 0.220 e. The fraction of sp³-hybridized carbons (Fsp3) is 0.440. The first-order valence-corrected chi connectivity index (χ1v) is 11.3. The van der Waals surface area contributed by atoms with Gasteiger partial charge in [0, 0.05) is 31.1 Å². The molecular formula is C25H32N4O3. The highest BCUT2D eigenvalue weighted by Gasteiger charge is 2.21. The second-order valence-corrected chi connectivity index (χ2v) is 8.44. The summed E-state index contributed by atoms with van der Waals surface area (Å²) >= 11 is 0. The Morgan fingerprint density at radius 3 is 2.91 bits per heavy atom. The number of rotatable bonds is 9. The number of para-hydroxylation sites is 2. The van der Waals surface area contributed by atoms with Crippen molar-refractivity contribution < 1.29 is 14.3 Å². The number of fused-ring (bicyclic) bond motifs is 1. The van der Waals surface area contributed by atoms with Crippen LogP contribution in [-0.2, 0) is 17.9 Å². The van der Waals surface area contributed by atoms with Crippen LogP contribution in [0.15, 0.2) is 42.5 Å². The predicted molar refractivity (Wildman–Crippen MR) is 125 cm³/mol. The Morgan fingerprint density at radius 2 is 2.09 bits per heavy atom. The largest absolute Gasteiger partial charge is 0.497 e. The van der Waals surface area contributed by atoms with Crippen LogP contribution in [0.25, 0.3) is 11.0 Å². The molecule has 2 heterocycles. The molecule has 0 aliphatic carbocycles. The van der Waals surface area contributed by atoms with Gasteiger partial charge in [-0.25, -0.2) is 4.98 Å². The smallest absolute Gasteiger partial charge is 0.220 e. The Labute approximate surface area is 189 Å². The van der Waals surface area contributed by atoms with Crippen LogP contribution in [0.1, 0.15) is 37.1 Å². The summed E-state index contributed by atoms with van der Waals surface area (Å²) in [6, 6.07) is 13.8. The zero-order valence-corrected chi connectivity index (χ0v) is 18.9. The number of carbonyl (C=O) groups is 1. The first kappa shape index (κ1) is 22.1. The number of methoxy groups -OCH3 is 2. The van der Waals surface area contributed by atoms with Crippen LogP contribution in [0.5, 0.6) is 11.5 Å². The van der Waals surface area contributed by atoms with Gasteiger partial charge in [-0.1, -0.05) is 12.1 Å². The van der Waals surface area contributed by atoms with E-state index in [1.807, 2.05) is 36.4 Å². The minimum Gasteiger partial charge on any atom is -0.497 e. The maximum absolute atomic E-state index is 12.4. The van der Waals surface area contributed by atoms with Crippen LogP contribution in [0.3, 0.4) is 0 Å². The van der Waals surface area contributed by atoms with Crippen molar-refractivity contribution in [1.29, 1.82) is 0 Å². The van der Waals surface area contributed by atoms with E-state index in [4.69, 9.17) is 14.5 Å².